The normalized spacial score (nSPS) is 18.6. The summed E-state index contributed by atoms with van der Waals surface area (Å²) in [6.07, 6.45) is 8.77. The van der Waals surface area contributed by atoms with Crippen molar-refractivity contribution in [2.24, 2.45) is 9.98 Å². The number of para-hydroxylation sites is 4. The minimum atomic E-state index is -0.303. The van der Waals surface area contributed by atoms with Gasteiger partial charge in [0.2, 0.25) is 5.96 Å². The molecule has 3 unspecified atom stereocenters. The lowest BCUT2D eigenvalue weighted by molar-refractivity contribution is 0.605. The van der Waals surface area contributed by atoms with Crippen molar-refractivity contribution in [3.8, 4) is 22.4 Å². The second-order valence-electron chi connectivity index (χ2n) is 16.4. The smallest absolute Gasteiger partial charge is 0.209 e. The van der Waals surface area contributed by atoms with Gasteiger partial charge in [0.25, 0.3) is 0 Å². The zero-order valence-electron chi connectivity index (χ0n) is 34.7. The van der Waals surface area contributed by atoms with Crippen molar-refractivity contribution >= 4 is 57.2 Å². The van der Waals surface area contributed by atoms with E-state index in [9.17, 15) is 0 Å². The lowest BCUT2D eigenvalue weighted by Gasteiger charge is -2.40. The lowest BCUT2D eigenvalue weighted by atomic mass is 9.96. The van der Waals surface area contributed by atoms with Gasteiger partial charge in [0.15, 0.2) is 0 Å². The predicted octanol–water partition coefficient (Wildman–Crippen LogP) is 11.9. The number of hydrogen-bond donors (Lipinski definition) is 2. The number of fused-ring (bicyclic) bond motifs is 8. The van der Waals surface area contributed by atoms with Gasteiger partial charge in [-0.1, -0.05) is 176 Å². The number of rotatable bonds is 5. The first-order valence-electron chi connectivity index (χ1n) is 21.6. The van der Waals surface area contributed by atoms with E-state index in [-0.39, 0.29) is 18.2 Å². The van der Waals surface area contributed by atoms with E-state index in [0.29, 0.717) is 0 Å². The number of aliphatic imine (C=N–C) groups is 2. The van der Waals surface area contributed by atoms with Crippen molar-refractivity contribution < 1.29 is 0 Å². The minimum Gasteiger partial charge on any atom is -0.365 e. The highest BCUT2D eigenvalue weighted by Gasteiger charge is 2.37. The number of hydrogen-bond acceptors (Lipinski definition) is 6. The maximum absolute atomic E-state index is 5.54. The standard InChI is InChI=1S/C56H43N7/c1-61-47-29-15-11-23-39(47)33-34-51(61)46-35-44(37-19-5-2-6-20-37)58-56(59-46)62-48-30-16-12-26-41(48)53-42-27-13-17-31-49(42)63(54(53)43-28-14-18-32-50(43)62)52-36-45(38-21-7-3-8-22-38)57-55(60-52)40-24-9-4-10-25-40/h2-36,46,51,55,60H,1H3,(H,58,59). The zero-order valence-corrected chi connectivity index (χ0v) is 34.7. The number of guanidine groups is 1. The van der Waals surface area contributed by atoms with Gasteiger partial charge in [0.05, 0.1) is 46.1 Å². The summed E-state index contributed by atoms with van der Waals surface area (Å²) < 4.78 is 2.42. The summed E-state index contributed by atoms with van der Waals surface area (Å²) >= 11 is 0. The van der Waals surface area contributed by atoms with Gasteiger partial charge in [-0.15, -0.1) is 0 Å². The van der Waals surface area contributed by atoms with Crippen LogP contribution in [0.15, 0.2) is 216 Å². The zero-order chi connectivity index (χ0) is 41.9. The molecule has 7 aromatic carbocycles. The largest absolute Gasteiger partial charge is 0.365 e. The highest BCUT2D eigenvalue weighted by atomic mass is 15.3. The molecule has 0 saturated carbocycles. The summed E-state index contributed by atoms with van der Waals surface area (Å²) in [5.74, 6) is 1.71. The van der Waals surface area contributed by atoms with E-state index in [0.717, 1.165) is 84.5 Å². The molecule has 1 aromatic heterocycles. The van der Waals surface area contributed by atoms with E-state index in [1.54, 1.807) is 0 Å². The maximum Gasteiger partial charge on any atom is 0.209 e. The van der Waals surface area contributed by atoms with E-state index in [1.807, 2.05) is 0 Å². The van der Waals surface area contributed by atoms with Gasteiger partial charge in [0, 0.05) is 40.9 Å². The van der Waals surface area contributed by atoms with Crippen molar-refractivity contribution in [3.63, 3.8) is 0 Å². The molecule has 8 aromatic rings. The fourth-order valence-corrected chi connectivity index (χ4v) is 9.75. The molecule has 302 valence electrons. The Morgan fingerprint density at radius 3 is 1.97 bits per heavy atom. The SMILES string of the molecule is CN1c2ccccc2C=CC1C1C=C(c2ccccc2)N=C(N2c3ccccc3-c3c(n(C4=CC(c5ccccc5)=NC(c5ccccc5)N4)c4ccccc34)-c3ccccc32)N1. The summed E-state index contributed by atoms with van der Waals surface area (Å²) in [4.78, 5) is 15.6. The highest BCUT2D eigenvalue weighted by Crippen LogP contribution is 2.53. The van der Waals surface area contributed by atoms with Crippen LogP contribution in [0.1, 0.15) is 28.4 Å². The van der Waals surface area contributed by atoms with Crippen molar-refractivity contribution in [1.82, 2.24) is 15.2 Å². The van der Waals surface area contributed by atoms with Gasteiger partial charge in [0.1, 0.15) is 12.0 Å². The lowest BCUT2D eigenvalue weighted by Crippen LogP contribution is -2.54. The predicted molar refractivity (Wildman–Crippen MR) is 261 cm³/mol. The number of benzene rings is 7. The van der Waals surface area contributed by atoms with Crippen LogP contribution in [0.5, 0.6) is 0 Å². The first-order valence-corrected chi connectivity index (χ1v) is 21.6. The Bertz CT molecular complexity index is 3210. The molecule has 0 aliphatic carbocycles. The number of anilines is 3. The third-order valence-corrected chi connectivity index (χ3v) is 12.7. The van der Waals surface area contributed by atoms with Gasteiger partial charge in [-0.3, -0.25) is 14.5 Å². The Balaban J connectivity index is 1.07. The topological polar surface area (TPSA) is 60.2 Å². The second-order valence-corrected chi connectivity index (χ2v) is 16.4. The van der Waals surface area contributed by atoms with Crippen LogP contribution in [0.3, 0.4) is 0 Å². The first kappa shape index (κ1) is 36.7. The quantitative estimate of drug-likeness (QED) is 0.182. The summed E-state index contributed by atoms with van der Waals surface area (Å²) in [5.41, 5.74) is 15.1. The molecule has 0 bridgehead atoms. The van der Waals surface area contributed by atoms with E-state index in [2.05, 4.69) is 244 Å². The molecule has 5 heterocycles. The molecular weight excluding hydrogens is 771 g/mol. The number of likely N-dealkylation sites (N-methyl/N-ethyl adjacent to an activating group) is 1. The third kappa shape index (κ3) is 6.19. The van der Waals surface area contributed by atoms with Crippen molar-refractivity contribution in [3.05, 3.63) is 229 Å². The number of nitrogens with zero attached hydrogens (tertiary/aromatic N) is 5. The summed E-state index contributed by atoms with van der Waals surface area (Å²) in [6, 6.07) is 66.4. The van der Waals surface area contributed by atoms with E-state index in [1.165, 1.54) is 11.3 Å². The minimum absolute atomic E-state index is 0.0226. The first-order chi connectivity index (χ1) is 31.2. The third-order valence-electron chi connectivity index (χ3n) is 12.7. The molecule has 4 aliphatic rings. The maximum atomic E-state index is 5.54. The van der Waals surface area contributed by atoms with Crippen molar-refractivity contribution in [2.75, 3.05) is 16.8 Å². The van der Waals surface area contributed by atoms with Crippen LogP contribution in [0.4, 0.5) is 17.1 Å². The van der Waals surface area contributed by atoms with Gasteiger partial charge >= 0.3 is 0 Å². The molecule has 0 fully saturated rings. The van der Waals surface area contributed by atoms with Crippen LogP contribution in [-0.2, 0) is 0 Å². The Morgan fingerprint density at radius 1 is 0.571 bits per heavy atom. The van der Waals surface area contributed by atoms with Crippen LogP contribution < -0.4 is 20.4 Å². The van der Waals surface area contributed by atoms with Gasteiger partial charge in [-0.2, -0.15) is 0 Å². The molecule has 4 aliphatic heterocycles. The molecule has 0 radical (unpaired) electrons. The monoisotopic (exact) mass is 813 g/mol. The van der Waals surface area contributed by atoms with Crippen LogP contribution in [0.25, 0.3) is 50.9 Å². The second kappa shape index (κ2) is 15.1. The average molecular weight is 814 g/mol. The molecule has 0 amide bonds. The Hall–Kier alpha value is -8.16. The molecular formula is C56H43N7. The molecule has 0 saturated heterocycles. The highest BCUT2D eigenvalue weighted by molar-refractivity contribution is 6.19. The number of nitrogens with one attached hydrogen (secondary N) is 2. The van der Waals surface area contributed by atoms with Crippen LogP contribution in [0.2, 0.25) is 0 Å². The summed E-state index contributed by atoms with van der Waals surface area (Å²) in [7, 11) is 2.19. The Morgan fingerprint density at radius 2 is 1.19 bits per heavy atom. The molecule has 0 spiro atoms. The van der Waals surface area contributed by atoms with Gasteiger partial charge < -0.3 is 15.5 Å². The van der Waals surface area contributed by atoms with Gasteiger partial charge in [-0.25, -0.2) is 4.99 Å². The van der Waals surface area contributed by atoms with Crippen LogP contribution in [-0.4, -0.2) is 35.4 Å². The Labute approximate surface area is 367 Å². The van der Waals surface area contributed by atoms with Crippen LogP contribution >= 0.6 is 0 Å². The summed E-state index contributed by atoms with van der Waals surface area (Å²) in [6.45, 7) is 0. The number of allylic oxidation sites excluding steroid dienone is 1. The molecule has 2 N–H and O–H groups in total. The molecule has 7 heteroatoms. The van der Waals surface area contributed by atoms with E-state index >= 15 is 0 Å². The number of aromatic nitrogens is 1. The average Bonchev–Trinajstić information content (AvgIpc) is 3.64. The van der Waals surface area contributed by atoms with Gasteiger partial charge in [-0.05, 0) is 52.6 Å². The van der Waals surface area contributed by atoms with E-state index in [4.69, 9.17) is 9.98 Å². The Kier molecular flexibility index (Phi) is 8.78. The molecule has 7 nitrogen and oxygen atoms in total. The molecule has 63 heavy (non-hydrogen) atoms. The van der Waals surface area contributed by atoms with Crippen molar-refractivity contribution in [1.29, 1.82) is 0 Å². The van der Waals surface area contributed by atoms with E-state index < -0.39 is 0 Å². The summed E-state index contributed by atoms with van der Waals surface area (Å²) in [5, 5.41) is 9.08. The fourth-order valence-electron chi connectivity index (χ4n) is 9.75. The van der Waals surface area contributed by atoms with Crippen LogP contribution in [0, 0.1) is 0 Å². The fraction of sp³-hybridized carbons (Fsp3) is 0.0714. The van der Waals surface area contributed by atoms with Crippen molar-refractivity contribution in [2.45, 2.75) is 18.2 Å². The molecule has 3 atom stereocenters. The molecule has 12 rings (SSSR count).